The van der Waals surface area contributed by atoms with Crippen molar-refractivity contribution in [3.63, 3.8) is 0 Å². The molecule has 1 unspecified atom stereocenters. The van der Waals surface area contributed by atoms with Crippen LogP contribution in [0.15, 0.2) is 18.3 Å². The van der Waals surface area contributed by atoms with Crippen LogP contribution in [0, 0.1) is 5.92 Å². The van der Waals surface area contributed by atoms with E-state index in [1.807, 2.05) is 19.1 Å². The van der Waals surface area contributed by atoms with Crippen molar-refractivity contribution in [2.75, 3.05) is 44.4 Å². The number of carbonyl (C=O) groups excluding carboxylic acids is 1. The summed E-state index contributed by atoms with van der Waals surface area (Å²) < 4.78 is 5.35. The molecule has 122 valence electrons. The Morgan fingerprint density at radius 2 is 2.23 bits per heavy atom. The Balaban J connectivity index is 1.88. The van der Waals surface area contributed by atoms with Crippen LogP contribution in [0.1, 0.15) is 12.5 Å². The van der Waals surface area contributed by atoms with Crippen LogP contribution >= 0.6 is 0 Å². The van der Waals surface area contributed by atoms with Crippen molar-refractivity contribution in [2.24, 2.45) is 5.92 Å². The third-order valence-corrected chi connectivity index (χ3v) is 3.54. The number of hydrogen-bond donors (Lipinski definition) is 3. The maximum absolute atomic E-state index is 11.8. The highest BCUT2D eigenvalue weighted by Crippen LogP contribution is 2.18. The van der Waals surface area contributed by atoms with Gasteiger partial charge < -0.3 is 25.4 Å². The molecule has 3 N–H and O–H groups in total. The predicted octanol–water partition coefficient (Wildman–Crippen LogP) is 0.346. The molecule has 0 saturated carbocycles. The van der Waals surface area contributed by atoms with Gasteiger partial charge in [-0.3, -0.25) is 0 Å². The van der Waals surface area contributed by atoms with Gasteiger partial charge in [0.15, 0.2) is 0 Å². The fourth-order valence-electron chi connectivity index (χ4n) is 2.20. The first-order chi connectivity index (χ1) is 10.7. The van der Waals surface area contributed by atoms with Crippen LogP contribution in [-0.2, 0) is 11.3 Å². The molecule has 2 heterocycles. The number of nitrogens with one attached hydrogen (secondary N) is 2. The second-order valence-electron chi connectivity index (χ2n) is 5.44. The van der Waals surface area contributed by atoms with Gasteiger partial charge in [0.1, 0.15) is 5.82 Å². The SMILES string of the molecule is CC(CO)CNC(=O)NCc1cccnc1N1CCOCC1. The normalized spacial score (nSPS) is 16.2. The van der Waals surface area contributed by atoms with Gasteiger partial charge in [-0.15, -0.1) is 0 Å². The molecule has 0 bridgehead atoms. The lowest BCUT2D eigenvalue weighted by Gasteiger charge is -2.29. The highest BCUT2D eigenvalue weighted by atomic mass is 16.5. The Morgan fingerprint density at radius 3 is 2.95 bits per heavy atom. The summed E-state index contributed by atoms with van der Waals surface area (Å²) in [7, 11) is 0. The molecular weight excluding hydrogens is 284 g/mol. The molecule has 2 amide bonds. The number of anilines is 1. The van der Waals surface area contributed by atoms with Crippen molar-refractivity contribution in [3.05, 3.63) is 23.9 Å². The van der Waals surface area contributed by atoms with Crippen LogP contribution in [0.2, 0.25) is 0 Å². The van der Waals surface area contributed by atoms with Gasteiger partial charge in [-0.05, 0) is 12.0 Å². The highest BCUT2D eigenvalue weighted by molar-refractivity contribution is 5.74. The standard InChI is InChI=1S/C15H24N4O3/c1-12(11-20)9-17-15(21)18-10-13-3-2-4-16-14(13)19-5-7-22-8-6-19/h2-4,12,20H,5-11H2,1H3,(H2,17,18,21). The van der Waals surface area contributed by atoms with E-state index >= 15 is 0 Å². The van der Waals surface area contributed by atoms with Crippen molar-refractivity contribution in [3.8, 4) is 0 Å². The van der Waals surface area contributed by atoms with Crippen LogP contribution in [0.3, 0.4) is 0 Å². The van der Waals surface area contributed by atoms with Gasteiger partial charge in [0, 0.05) is 44.5 Å². The Morgan fingerprint density at radius 1 is 1.45 bits per heavy atom. The number of urea groups is 1. The summed E-state index contributed by atoms with van der Waals surface area (Å²) >= 11 is 0. The van der Waals surface area contributed by atoms with Crippen molar-refractivity contribution in [2.45, 2.75) is 13.5 Å². The average molecular weight is 308 g/mol. The molecule has 1 aromatic heterocycles. The molecule has 0 aromatic carbocycles. The van der Waals surface area contributed by atoms with Crippen molar-refractivity contribution < 1.29 is 14.6 Å². The monoisotopic (exact) mass is 308 g/mol. The van der Waals surface area contributed by atoms with Crippen LogP contribution < -0.4 is 15.5 Å². The van der Waals surface area contributed by atoms with Crippen molar-refractivity contribution in [1.29, 1.82) is 0 Å². The molecule has 0 spiro atoms. The molecular formula is C15H24N4O3. The van der Waals surface area contributed by atoms with Crippen LogP contribution in [0.5, 0.6) is 0 Å². The summed E-state index contributed by atoms with van der Waals surface area (Å²) in [6.45, 7) is 5.81. The largest absolute Gasteiger partial charge is 0.396 e. The minimum absolute atomic E-state index is 0.0491. The molecule has 0 aliphatic carbocycles. The van der Waals surface area contributed by atoms with Crippen LogP contribution in [0.25, 0.3) is 0 Å². The molecule has 1 saturated heterocycles. The lowest BCUT2D eigenvalue weighted by molar-refractivity contribution is 0.122. The van der Waals surface area contributed by atoms with Crippen molar-refractivity contribution in [1.82, 2.24) is 15.6 Å². The van der Waals surface area contributed by atoms with Gasteiger partial charge in [0.05, 0.1) is 13.2 Å². The maximum Gasteiger partial charge on any atom is 0.315 e. The van der Waals surface area contributed by atoms with E-state index in [-0.39, 0.29) is 18.6 Å². The van der Waals surface area contributed by atoms with E-state index in [9.17, 15) is 4.79 Å². The first-order valence-corrected chi connectivity index (χ1v) is 7.60. The van der Waals surface area contributed by atoms with Gasteiger partial charge in [-0.1, -0.05) is 13.0 Å². The second kappa shape index (κ2) is 8.55. The third kappa shape index (κ3) is 4.85. The Kier molecular flexibility index (Phi) is 6.42. The zero-order valence-corrected chi connectivity index (χ0v) is 12.9. The Hall–Kier alpha value is -1.86. The fraction of sp³-hybridized carbons (Fsp3) is 0.600. The van der Waals surface area contributed by atoms with E-state index in [4.69, 9.17) is 9.84 Å². The fourth-order valence-corrected chi connectivity index (χ4v) is 2.20. The summed E-state index contributed by atoms with van der Waals surface area (Å²) in [6.07, 6.45) is 1.76. The van der Waals surface area contributed by atoms with E-state index < -0.39 is 0 Å². The lowest BCUT2D eigenvalue weighted by atomic mass is 10.2. The molecule has 22 heavy (non-hydrogen) atoms. The van der Waals surface area contributed by atoms with Crippen LogP contribution in [-0.4, -0.2) is 55.6 Å². The molecule has 1 aromatic rings. The van der Waals surface area contributed by atoms with Gasteiger partial charge in [0.25, 0.3) is 0 Å². The number of amides is 2. The summed E-state index contributed by atoms with van der Waals surface area (Å²) in [5.74, 6) is 0.947. The maximum atomic E-state index is 11.8. The molecule has 1 aliphatic rings. The van der Waals surface area contributed by atoms with Gasteiger partial charge in [-0.2, -0.15) is 0 Å². The van der Waals surface area contributed by atoms with Crippen molar-refractivity contribution >= 4 is 11.8 Å². The molecule has 7 heteroatoms. The number of aliphatic hydroxyl groups excluding tert-OH is 1. The van der Waals surface area contributed by atoms with Crippen LogP contribution in [0.4, 0.5) is 10.6 Å². The molecule has 1 atom stereocenters. The zero-order chi connectivity index (χ0) is 15.8. The van der Waals surface area contributed by atoms with E-state index in [1.54, 1.807) is 6.20 Å². The molecule has 0 radical (unpaired) electrons. The summed E-state index contributed by atoms with van der Waals surface area (Å²) in [4.78, 5) is 18.4. The highest BCUT2D eigenvalue weighted by Gasteiger charge is 2.16. The number of carbonyl (C=O) groups is 1. The van der Waals surface area contributed by atoms with E-state index in [0.717, 1.165) is 24.5 Å². The number of morpholine rings is 1. The summed E-state index contributed by atoms with van der Waals surface area (Å²) in [5, 5.41) is 14.5. The molecule has 7 nitrogen and oxygen atoms in total. The minimum Gasteiger partial charge on any atom is -0.396 e. The first-order valence-electron chi connectivity index (χ1n) is 7.60. The number of nitrogens with zero attached hydrogens (tertiary/aromatic N) is 2. The Bertz CT molecular complexity index is 478. The summed E-state index contributed by atoms with van der Waals surface area (Å²) in [6, 6.07) is 3.60. The predicted molar refractivity (Wildman–Crippen MR) is 83.8 cm³/mol. The number of rotatable bonds is 6. The topological polar surface area (TPSA) is 86.7 Å². The summed E-state index contributed by atoms with van der Waals surface area (Å²) in [5.41, 5.74) is 0.981. The quantitative estimate of drug-likeness (QED) is 0.706. The number of aromatic nitrogens is 1. The molecule has 1 fully saturated rings. The number of pyridine rings is 1. The first kappa shape index (κ1) is 16.5. The number of aliphatic hydroxyl groups is 1. The molecule has 2 rings (SSSR count). The number of hydrogen-bond acceptors (Lipinski definition) is 5. The minimum atomic E-state index is -0.239. The van der Waals surface area contributed by atoms with E-state index in [1.165, 1.54) is 0 Å². The van der Waals surface area contributed by atoms with E-state index in [2.05, 4.69) is 20.5 Å². The second-order valence-corrected chi connectivity index (χ2v) is 5.44. The van der Waals surface area contributed by atoms with Gasteiger partial charge in [-0.25, -0.2) is 9.78 Å². The van der Waals surface area contributed by atoms with Gasteiger partial charge in [0.2, 0.25) is 0 Å². The number of ether oxygens (including phenoxy) is 1. The van der Waals surface area contributed by atoms with E-state index in [0.29, 0.717) is 26.3 Å². The smallest absolute Gasteiger partial charge is 0.315 e. The average Bonchev–Trinajstić information content (AvgIpc) is 2.58. The lowest BCUT2D eigenvalue weighted by Crippen LogP contribution is -2.40. The van der Waals surface area contributed by atoms with Gasteiger partial charge >= 0.3 is 6.03 Å². The molecule has 1 aliphatic heterocycles. The third-order valence-electron chi connectivity index (χ3n) is 3.54. The zero-order valence-electron chi connectivity index (χ0n) is 12.9. The Labute approximate surface area is 130 Å².